The molecule has 19 heavy (non-hydrogen) atoms. The van der Waals surface area contributed by atoms with Gasteiger partial charge in [0.2, 0.25) is 0 Å². The van der Waals surface area contributed by atoms with Gasteiger partial charge >= 0.3 is 0 Å². The number of aryl methyl sites for hydroxylation is 1. The summed E-state index contributed by atoms with van der Waals surface area (Å²) in [6, 6.07) is 6.47. The third-order valence-electron chi connectivity index (χ3n) is 2.36. The van der Waals surface area contributed by atoms with Crippen LogP contribution in [0.4, 0.5) is 5.82 Å². The number of halogens is 2. The van der Waals surface area contributed by atoms with Crippen molar-refractivity contribution in [3.63, 3.8) is 0 Å². The van der Waals surface area contributed by atoms with Crippen molar-refractivity contribution in [3.8, 4) is 6.07 Å². The van der Waals surface area contributed by atoms with Gasteiger partial charge in [0, 0.05) is 18.8 Å². The molecule has 0 radical (unpaired) electrons. The minimum absolute atomic E-state index is 0.209. The van der Waals surface area contributed by atoms with Crippen LogP contribution >= 0.6 is 23.2 Å². The molecule has 0 bridgehead atoms. The summed E-state index contributed by atoms with van der Waals surface area (Å²) in [6.45, 7) is 0. The van der Waals surface area contributed by atoms with E-state index in [0.29, 0.717) is 10.6 Å². The van der Waals surface area contributed by atoms with Crippen LogP contribution in [0.15, 0.2) is 24.4 Å². The van der Waals surface area contributed by atoms with Gasteiger partial charge in [-0.3, -0.25) is 9.48 Å². The van der Waals surface area contributed by atoms with E-state index in [9.17, 15) is 4.79 Å². The van der Waals surface area contributed by atoms with Crippen molar-refractivity contribution in [2.75, 3.05) is 5.32 Å². The predicted octanol–water partition coefficient (Wildman–Crippen LogP) is 2.85. The highest BCUT2D eigenvalue weighted by molar-refractivity contribution is 6.42. The van der Waals surface area contributed by atoms with Gasteiger partial charge in [0.25, 0.3) is 5.91 Å². The van der Waals surface area contributed by atoms with Gasteiger partial charge in [-0.05, 0) is 18.2 Å². The lowest BCUT2D eigenvalue weighted by atomic mass is 10.2. The van der Waals surface area contributed by atoms with Crippen molar-refractivity contribution in [1.29, 1.82) is 5.26 Å². The van der Waals surface area contributed by atoms with Gasteiger partial charge in [0.05, 0.1) is 10.0 Å². The molecule has 1 heterocycles. The standard InChI is InChI=1S/C12H8Cl2N4O/c1-18-6-8(5-15)11(17-18)16-12(19)7-2-3-9(13)10(14)4-7/h2-4,6H,1H3,(H,16,17,19). The van der Waals surface area contributed by atoms with E-state index in [-0.39, 0.29) is 16.4 Å². The third-order valence-corrected chi connectivity index (χ3v) is 3.10. The second-order valence-corrected chi connectivity index (χ2v) is 4.57. The van der Waals surface area contributed by atoms with E-state index < -0.39 is 5.91 Å². The Morgan fingerprint density at radius 2 is 2.16 bits per heavy atom. The Balaban J connectivity index is 2.26. The summed E-state index contributed by atoms with van der Waals surface area (Å²) in [5, 5.41) is 16.1. The van der Waals surface area contributed by atoms with Gasteiger partial charge in [-0.2, -0.15) is 10.4 Å². The van der Waals surface area contributed by atoms with Crippen LogP contribution in [0.2, 0.25) is 10.0 Å². The number of nitrogens with zero attached hydrogens (tertiary/aromatic N) is 3. The number of benzene rings is 1. The first-order valence-electron chi connectivity index (χ1n) is 5.21. The zero-order valence-electron chi connectivity index (χ0n) is 9.82. The lowest BCUT2D eigenvalue weighted by Crippen LogP contribution is -2.13. The van der Waals surface area contributed by atoms with Crippen LogP contribution in [0, 0.1) is 11.3 Å². The minimum atomic E-state index is -0.409. The first-order valence-corrected chi connectivity index (χ1v) is 5.97. The van der Waals surface area contributed by atoms with Crippen LogP contribution in [-0.2, 0) is 7.05 Å². The van der Waals surface area contributed by atoms with Crippen molar-refractivity contribution >= 4 is 34.9 Å². The number of hydrogen-bond donors (Lipinski definition) is 1. The first-order chi connectivity index (χ1) is 9.01. The van der Waals surface area contributed by atoms with Crippen LogP contribution in [0.3, 0.4) is 0 Å². The number of amides is 1. The average molecular weight is 295 g/mol. The molecule has 5 nitrogen and oxygen atoms in total. The number of hydrogen-bond acceptors (Lipinski definition) is 3. The number of aromatic nitrogens is 2. The van der Waals surface area contributed by atoms with Crippen LogP contribution in [0.25, 0.3) is 0 Å². The van der Waals surface area contributed by atoms with Crippen molar-refractivity contribution < 1.29 is 4.79 Å². The largest absolute Gasteiger partial charge is 0.304 e. The van der Waals surface area contributed by atoms with Crippen LogP contribution in [-0.4, -0.2) is 15.7 Å². The summed E-state index contributed by atoms with van der Waals surface area (Å²) in [4.78, 5) is 12.0. The minimum Gasteiger partial charge on any atom is -0.304 e. The Hall–Kier alpha value is -2.03. The van der Waals surface area contributed by atoms with Gasteiger partial charge < -0.3 is 5.32 Å². The molecule has 0 aliphatic carbocycles. The zero-order chi connectivity index (χ0) is 14.0. The first kappa shape index (κ1) is 13.4. The fourth-order valence-electron chi connectivity index (χ4n) is 1.48. The molecule has 0 saturated heterocycles. The number of carbonyl (C=O) groups is 1. The SMILES string of the molecule is Cn1cc(C#N)c(NC(=O)c2ccc(Cl)c(Cl)c2)n1. The lowest BCUT2D eigenvalue weighted by molar-refractivity contribution is 0.102. The Morgan fingerprint density at radius 1 is 1.42 bits per heavy atom. The fraction of sp³-hybridized carbons (Fsp3) is 0.0833. The summed E-state index contributed by atoms with van der Waals surface area (Å²) in [7, 11) is 1.66. The van der Waals surface area contributed by atoms with Gasteiger partial charge in [-0.1, -0.05) is 23.2 Å². The van der Waals surface area contributed by atoms with Gasteiger partial charge in [-0.25, -0.2) is 0 Å². The van der Waals surface area contributed by atoms with Crippen LogP contribution in [0.1, 0.15) is 15.9 Å². The Labute approximate surface area is 119 Å². The molecule has 0 spiro atoms. The zero-order valence-corrected chi connectivity index (χ0v) is 11.3. The molecule has 1 N–H and O–H groups in total. The van der Waals surface area contributed by atoms with Gasteiger partial charge in [-0.15, -0.1) is 0 Å². The van der Waals surface area contributed by atoms with E-state index in [0.717, 1.165) is 0 Å². The molecule has 7 heteroatoms. The maximum atomic E-state index is 12.0. The molecule has 2 rings (SSSR count). The summed E-state index contributed by atoms with van der Waals surface area (Å²) in [6.07, 6.45) is 1.52. The lowest BCUT2D eigenvalue weighted by Gasteiger charge is -2.03. The molecule has 1 aromatic heterocycles. The quantitative estimate of drug-likeness (QED) is 0.926. The highest BCUT2D eigenvalue weighted by Gasteiger charge is 2.13. The molecular weight excluding hydrogens is 287 g/mol. The molecule has 0 unspecified atom stereocenters. The van der Waals surface area contributed by atoms with E-state index in [2.05, 4.69) is 10.4 Å². The third kappa shape index (κ3) is 2.87. The molecule has 96 valence electrons. The average Bonchev–Trinajstić information content (AvgIpc) is 2.72. The number of rotatable bonds is 2. The molecule has 2 aromatic rings. The molecule has 0 saturated carbocycles. The maximum absolute atomic E-state index is 12.0. The molecule has 0 aliphatic heterocycles. The smallest absolute Gasteiger partial charge is 0.256 e. The monoisotopic (exact) mass is 294 g/mol. The summed E-state index contributed by atoms with van der Waals surface area (Å²) >= 11 is 11.6. The second kappa shape index (κ2) is 5.31. The molecule has 1 amide bonds. The highest BCUT2D eigenvalue weighted by Crippen LogP contribution is 2.23. The fourth-order valence-corrected chi connectivity index (χ4v) is 1.78. The van der Waals surface area contributed by atoms with E-state index in [1.165, 1.54) is 23.0 Å². The van der Waals surface area contributed by atoms with E-state index in [4.69, 9.17) is 28.5 Å². The van der Waals surface area contributed by atoms with Crippen molar-refractivity contribution in [3.05, 3.63) is 45.6 Å². The summed E-state index contributed by atoms with van der Waals surface area (Å²) in [5.74, 6) is -0.199. The number of nitriles is 1. The second-order valence-electron chi connectivity index (χ2n) is 3.76. The topological polar surface area (TPSA) is 70.7 Å². The maximum Gasteiger partial charge on any atom is 0.256 e. The Morgan fingerprint density at radius 3 is 2.79 bits per heavy atom. The van der Waals surface area contributed by atoms with Gasteiger partial charge in [0.15, 0.2) is 5.82 Å². The highest BCUT2D eigenvalue weighted by atomic mass is 35.5. The Bertz CT molecular complexity index is 688. The van der Waals surface area contributed by atoms with E-state index in [1.807, 2.05) is 6.07 Å². The number of carbonyl (C=O) groups excluding carboxylic acids is 1. The molecule has 1 aromatic carbocycles. The summed E-state index contributed by atoms with van der Waals surface area (Å²) < 4.78 is 1.45. The molecular formula is C12H8Cl2N4O. The molecule has 0 aliphatic rings. The summed E-state index contributed by atoms with van der Waals surface area (Å²) in [5.41, 5.74) is 0.625. The van der Waals surface area contributed by atoms with Crippen molar-refractivity contribution in [2.45, 2.75) is 0 Å². The normalized spacial score (nSPS) is 10.0. The van der Waals surface area contributed by atoms with Crippen molar-refractivity contribution in [1.82, 2.24) is 9.78 Å². The van der Waals surface area contributed by atoms with Crippen molar-refractivity contribution in [2.24, 2.45) is 7.05 Å². The van der Waals surface area contributed by atoms with E-state index >= 15 is 0 Å². The molecule has 0 atom stereocenters. The number of anilines is 1. The van der Waals surface area contributed by atoms with Crippen LogP contribution < -0.4 is 5.32 Å². The molecule has 0 fully saturated rings. The Kier molecular flexibility index (Phi) is 3.74. The number of nitrogens with one attached hydrogen (secondary N) is 1. The van der Waals surface area contributed by atoms with E-state index in [1.54, 1.807) is 13.1 Å². The predicted molar refractivity (Wildman–Crippen MR) is 72.3 cm³/mol. The van der Waals surface area contributed by atoms with Gasteiger partial charge in [0.1, 0.15) is 11.6 Å². The van der Waals surface area contributed by atoms with Crippen LogP contribution in [0.5, 0.6) is 0 Å².